The lowest BCUT2D eigenvalue weighted by Crippen LogP contribution is -2.38. The topological polar surface area (TPSA) is 83.6 Å². The summed E-state index contributed by atoms with van der Waals surface area (Å²) in [5.41, 5.74) is 5.29. The van der Waals surface area contributed by atoms with E-state index in [1.807, 2.05) is 13.8 Å². The molecule has 0 aromatic rings. The summed E-state index contributed by atoms with van der Waals surface area (Å²) in [4.78, 5) is 23.3. The van der Waals surface area contributed by atoms with Gasteiger partial charge in [0, 0.05) is 12.0 Å². The quantitative estimate of drug-likeness (QED) is 0.627. The van der Waals surface area contributed by atoms with Gasteiger partial charge in [0.2, 0.25) is 5.91 Å². The second kappa shape index (κ2) is 6.13. The van der Waals surface area contributed by atoms with Crippen molar-refractivity contribution in [2.24, 2.45) is 5.73 Å². The van der Waals surface area contributed by atoms with Crippen molar-refractivity contribution in [1.82, 2.24) is 4.90 Å². The first-order valence-corrected chi connectivity index (χ1v) is 4.98. The molecule has 0 spiro atoms. The Hall–Kier alpha value is -1.54. The minimum Gasteiger partial charge on any atom is -0.480 e. The molecule has 0 aliphatic carbocycles. The highest BCUT2D eigenvalue weighted by molar-refractivity contribution is 5.81. The summed E-state index contributed by atoms with van der Waals surface area (Å²) in [5, 5.41) is 8.60. The van der Waals surface area contributed by atoms with E-state index in [-0.39, 0.29) is 25.4 Å². The number of nitrogens with zero attached hydrogens (tertiary/aromatic N) is 1. The van der Waals surface area contributed by atoms with E-state index in [1.165, 1.54) is 0 Å². The molecule has 0 radical (unpaired) electrons. The van der Waals surface area contributed by atoms with E-state index in [0.29, 0.717) is 6.42 Å². The SMILES string of the molecule is C#CCN(CC(=O)O)C(=O)CCC(C)(C)N. The van der Waals surface area contributed by atoms with Gasteiger partial charge in [-0.05, 0) is 20.3 Å². The van der Waals surface area contributed by atoms with Crippen LogP contribution < -0.4 is 5.73 Å². The smallest absolute Gasteiger partial charge is 0.323 e. The third kappa shape index (κ3) is 6.85. The summed E-state index contributed by atoms with van der Waals surface area (Å²) in [7, 11) is 0. The number of carbonyl (C=O) groups is 2. The van der Waals surface area contributed by atoms with Crippen molar-refractivity contribution in [2.75, 3.05) is 13.1 Å². The lowest BCUT2D eigenvalue weighted by atomic mass is 10.00. The summed E-state index contributed by atoms with van der Waals surface area (Å²) >= 11 is 0. The lowest BCUT2D eigenvalue weighted by Gasteiger charge is -2.22. The zero-order chi connectivity index (χ0) is 12.8. The number of terminal acetylenes is 1. The van der Waals surface area contributed by atoms with Crippen molar-refractivity contribution in [3.8, 4) is 12.3 Å². The molecule has 0 aromatic carbocycles. The number of aliphatic carboxylic acids is 1. The molecule has 0 saturated heterocycles. The summed E-state index contributed by atoms with van der Waals surface area (Å²) in [6, 6.07) is 0. The van der Waals surface area contributed by atoms with Crippen LogP contribution in [0.2, 0.25) is 0 Å². The van der Waals surface area contributed by atoms with Gasteiger partial charge in [0.05, 0.1) is 6.54 Å². The number of nitrogens with two attached hydrogens (primary N) is 1. The molecule has 90 valence electrons. The zero-order valence-corrected chi connectivity index (χ0v) is 9.69. The number of rotatable bonds is 6. The number of hydrogen-bond donors (Lipinski definition) is 2. The van der Waals surface area contributed by atoms with Crippen LogP contribution in [0.3, 0.4) is 0 Å². The Bertz CT molecular complexity index is 299. The lowest BCUT2D eigenvalue weighted by molar-refractivity contribution is -0.144. The first-order chi connectivity index (χ1) is 7.26. The van der Waals surface area contributed by atoms with Crippen LogP contribution in [0.25, 0.3) is 0 Å². The highest BCUT2D eigenvalue weighted by Crippen LogP contribution is 2.08. The van der Waals surface area contributed by atoms with Crippen molar-refractivity contribution in [3.05, 3.63) is 0 Å². The maximum absolute atomic E-state index is 11.6. The van der Waals surface area contributed by atoms with Crippen molar-refractivity contribution in [1.29, 1.82) is 0 Å². The Kier molecular flexibility index (Phi) is 5.54. The van der Waals surface area contributed by atoms with Crippen LogP contribution in [0.5, 0.6) is 0 Å². The van der Waals surface area contributed by atoms with Crippen LogP contribution in [0.4, 0.5) is 0 Å². The fraction of sp³-hybridized carbons (Fsp3) is 0.636. The van der Waals surface area contributed by atoms with E-state index in [1.54, 1.807) is 0 Å². The van der Waals surface area contributed by atoms with Gasteiger partial charge in [-0.25, -0.2) is 0 Å². The molecule has 0 bridgehead atoms. The summed E-state index contributed by atoms with van der Waals surface area (Å²) < 4.78 is 0. The second-order valence-corrected chi connectivity index (χ2v) is 4.34. The molecule has 0 unspecified atom stereocenters. The van der Waals surface area contributed by atoms with Crippen molar-refractivity contribution in [3.63, 3.8) is 0 Å². The largest absolute Gasteiger partial charge is 0.480 e. The number of hydrogen-bond acceptors (Lipinski definition) is 3. The second-order valence-electron chi connectivity index (χ2n) is 4.34. The maximum Gasteiger partial charge on any atom is 0.323 e. The van der Waals surface area contributed by atoms with E-state index in [9.17, 15) is 9.59 Å². The summed E-state index contributed by atoms with van der Waals surface area (Å²) in [6.45, 7) is 3.26. The van der Waals surface area contributed by atoms with Gasteiger partial charge in [0.25, 0.3) is 0 Å². The first-order valence-electron chi connectivity index (χ1n) is 4.98. The van der Waals surface area contributed by atoms with E-state index < -0.39 is 11.5 Å². The van der Waals surface area contributed by atoms with Crippen LogP contribution in [-0.4, -0.2) is 40.5 Å². The normalized spacial score (nSPS) is 10.6. The standard InChI is InChI=1S/C11H18N2O3/c1-4-7-13(8-10(15)16)9(14)5-6-11(2,3)12/h1H,5-8,12H2,2-3H3,(H,15,16). The Labute approximate surface area is 95.6 Å². The minimum absolute atomic E-state index is 0.0101. The van der Waals surface area contributed by atoms with Crippen LogP contribution in [0, 0.1) is 12.3 Å². The van der Waals surface area contributed by atoms with Crippen molar-refractivity contribution >= 4 is 11.9 Å². The average molecular weight is 226 g/mol. The Morgan fingerprint density at radius 3 is 2.44 bits per heavy atom. The molecule has 16 heavy (non-hydrogen) atoms. The Morgan fingerprint density at radius 2 is 2.06 bits per heavy atom. The number of amides is 1. The average Bonchev–Trinajstić information content (AvgIpc) is 2.11. The minimum atomic E-state index is -1.07. The predicted octanol–water partition coefficient (Wildman–Crippen LogP) is 0.0503. The van der Waals surface area contributed by atoms with Crippen LogP contribution >= 0.6 is 0 Å². The van der Waals surface area contributed by atoms with Crippen LogP contribution in [-0.2, 0) is 9.59 Å². The number of carbonyl (C=O) groups excluding carboxylic acids is 1. The third-order valence-electron chi connectivity index (χ3n) is 1.94. The van der Waals surface area contributed by atoms with Gasteiger partial charge >= 0.3 is 5.97 Å². The molecular formula is C11H18N2O3. The molecule has 5 heteroatoms. The van der Waals surface area contributed by atoms with Gasteiger partial charge in [0.1, 0.15) is 6.54 Å². The molecule has 3 N–H and O–H groups in total. The van der Waals surface area contributed by atoms with Gasteiger partial charge in [-0.1, -0.05) is 5.92 Å². The van der Waals surface area contributed by atoms with Gasteiger partial charge in [-0.2, -0.15) is 0 Å². The van der Waals surface area contributed by atoms with Gasteiger partial charge in [-0.3, -0.25) is 9.59 Å². The van der Waals surface area contributed by atoms with Gasteiger partial charge < -0.3 is 15.7 Å². The molecule has 0 saturated carbocycles. The van der Waals surface area contributed by atoms with Crippen molar-refractivity contribution < 1.29 is 14.7 Å². The molecule has 0 rings (SSSR count). The molecule has 0 atom stereocenters. The Morgan fingerprint density at radius 1 is 1.50 bits per heavy atom. The van der Waals surface area contributed by atoms with E-state index in [0.717, 1.165) is 4.90 Å². The fourth-order valence-electron chi connectivity index (χ4n) is 1.09. The van der Waals surface area contributed by atoms with E-state index in [2.05, 4.69) is 5.92 Å². The van der Waals surface area contributed by atoms with Crippen LogP contribution in [0.1, 0.15) is 26.7 Å². The molecule has 0 aliphatic rings. The van der Waals surface area contributed by atoms with Crippen molar-refractivity contribution in [2.45, 2.75) is 32.2 Å². The van der Waals surface area contributed by atoms with E-state index >= 15 is 0 Å². The maximum atomic E-state index is 11.6. The number of carboxylic acids is 1. The van der Waals surface area contributed by atoms with Gasteiger partial charge in [-0.15, -0.1) is 6.42 Å². The Balaban J connectivity index is 4.29. The molecule has 0 aliphatic heterocycles. The highest BCUT2D eigenvalue weighted by atomic mass is 16.4. The predicted molar refractivity (Wildman–Crippen MR) is 60.5 cm³/mol. The number of carboxylic acid groups (broad SMARTS) is 1. The molecular weight excluding hydrogens is 208 g/mol. The molecule has 0 aromatic heterocycles. The molecule has 1 amide bonds. The summed E-state index contributed by atoms with van der Waals surface area (Å²) in [5.74, 6) is 0.909. The fourth-order valence-corrected chi connectivity index (χ4v) is 1.09. The zero-order valence-electron chi connectivity index (χ0n) is 9.69. The monoisotopic (exact) mass is 226 g/mol. The first kappa shape index (κ1) is 14.5. The van der Waals surface area contributed by atoms with E-state index in [4.69, 9.17) is 17.3 Å². The highest BCUT2D eigenvalue weighted by Gasteiger charge is 2.19. The third-order valence-corrected chi connectivity index (χ3v) is 1.94. The van der Waals surface area contributed by atoms with Crippen LogP contribution in [0.15, 0.2) is 0 Å². The molecule has 0 fully saturated rings. The molecule has 5 nitrogen and oxygen atoms in total. The molecule has 0 heterocycles. The van der Waals surface area contributed by atoms with Gasteiger partial charge in [0.15, 0.2) is 0 Å². The summed E-state index contributed by atoms with van der Waals surface area (Å²) in [6.07, 6.45) is 5.76.